The molecule has 0 saturated carbocycles. The Morgan fingerprint density at radius 2 is 2.04 bits per heavy atom. The number of furan rings is 1. The first-order valence-electron chi connectivity index (χ1n) is 9.17. The number of rotatable bonds is 5. The third kappa shape index (κ3) is 3.64. The number of hydrogen-bond donors (Lipinski definition) is 2. The minimum atomic E-state index is 0.111. The molecule has 4 nitrogen and oxygen atoms in total. The van der Waals surface area contributed by atoms with Crippen molar-refractivity contribution >= 4 is 16.9 Å². The molecule has 2 aromatic rings. The van der Waals surface area contributed by atoms with E-state index in [2.05, 4.69) is 38.2 Å². The molecule has 4 heteroatoms. The maximum atomic E-state index is 12.4. The van der Waals surface area contributed by atoms with E-state index in [-0.39, 0.29) is 5.91 Å². The molecular formula is C20H29N2O2+. The second-order valence-electron chi connectivity index (χ2n) is 7.16. The summed E-state index contributed by atoms with van der Waals surface area (Å²) in [5, 5.41) is 4.28. The van der Waals surface area contributed by atoms with Gasteiger partial charge in [0.05, 0.1) is 32.3 Å². The van der Waals surface area contributed by atoms with Gasteiger partial charge < -0.3 is 14.6 Å². The molecule has 0 aliphatic carbocycles. The molecule has 1 aliphatic heterocycles. The number of carbonyl (C=O) groups excluding carboxylic acids is 1. The van der Waals surface area contributed by atoms with Crippen LogP contribution >= 0.6 is 0 Å². The molecule has 24 heavy (non-hydrogen) atoms. The number of fused-ring (bicyclic) bond motifs is 1. The Labute approximate surface area is 144 Å². The third-order valence-corrected chi connectivity index (χ3v) is 5.35. The maximum Gasteiger partial charge on any atom is 0.224 e. The number of aryl methyl sites for hydroxylation is 2. The molecule has 1 fully saturated rings. The summed E-state index contributed by atoms with van der Waals surface area (Å²) in [6, 6.07) is 4.50. The molecule has 0 radical (unpaired) electrons. The van der Waals surface area contributed by atoms with E-state index >= 15 is 0 Å². The number of likely N-dealkylation sites (tertiary alicyclic amines) is 1. The molecule has 2 N–H and O–H groups in total. The van der Waals surface area contributed by atoms with Crippen LogP contribution in [0.2, 0.25) is 0 Å². The fourth-order valence-corrected chi connectivity index (χ4v) is 3.75. The first kappa shape index (κ1) is 17.0. The van der Waals surface area contributed by atoms with Gasteiger partial charge in [0.1, 0.15) is 5.58 Å². The van der Waals surface area contributed by atoms with E-state index in [0.717, 1.165) is 34.9 Å². The van der Waals surface area contributed by atoms with Gasteiger partial charge in [0.25, 0.3) is 0 Å². The lowest BCUT2D eigenvalue weighted by molar-refractivity contribution is -0.905. The van der Waals surface area contributed by atoms with Gasteiger partial charge in [-0.3, -0.25) is 4.79 Å². The molecule has 0 atom stereocenters. The molecule has 0 spiro atoms. The SMILES string of the molecule is CCC[NH+]1CCC(NC(=O)Cc2coc3c(C)c(C)ccc23)CC1. The van der Waals surface area contributed by atoms with Crippen LogP contribution in [0.4, 0.5) is 0 Å². The quantitative estimate of drug-likeness (QED) is 0.883. The van der Waals surface area contributed by atoms with Crippen LogP contribution in [0.1, 0.15) is 42.9 Å². The standard InChI is InChI=1S/C20H28N2O2/c1-4-9-22-10-7-17(8-11-22)21-19(23)12-16-13-24-20-15(3)14(2)5-6-18(16)20/h5-6,13,17H,4,7-12H2,1-3H3,(H,21,23)/p+1. The van der Waals surface area contributed by atoms with Crippen molar-refractivity contribution in [1.82, 2.24) is 5.32 Å². The molecular weight excluding hydrogens is 300 g/mol. The summed E-state index contributed by atoms with van der Waals surface area (Å²) in [6.07, 6.45) is 5.55. The predicted octanol–water partition coefficient (Wildman–Crippen LogP) is 2.17. The second-order valence-corrected chi connectivity index (χ2v) is 7.16. The van der Waals surface area contributed by atoms with Gasteiger partial charge in [-0.15, -0.1) is 0 Å². The highest BCUT2D eigenvalue weighted by Crippen LogP contribution is 2.26. The Morgan fingerprint density at radius 3 is 2.75 bits per heavy atom. The summed E-state index contributed by atoms with van der Waals surface area (Å²) >= 11 is 0. The highest BCUT2D eigenvalue weighted by Gasteiger charge is 2.23. The molecule has 0 bridgehead atoms. The van der Waals surface area contributed by atoms with Crippen LogP contribution in [0.15, 0.2) is 22.8 Å². The lowest BCUT2D eigenvalue weighted by Crippen LogP contribution is -3.13. The zero-order valence-electron chi connectivity index (χ0n) is 15.1. The molecule has 1 aliphatic rings. The van der Waals surface area contributed by atoms with Crippen LogP contribution in [-0.4, -0.2) is 31.6 Å². The van der Waals surface area contributed by atoms with Crippen molar-refractivity contribution < 1.29 is 14.1 Å². The second kappa shape index (κ2) is 7.39. The number of amides is 1. The van der Waals surface area contributed by atoms with Crippen molar-refractivity contribution in [1.29, 1.82) is 0 Å². The van der Waals surface area contributed by atoms with Crippen LogP contribution in [0, 0.1) is 13.8 Å². The highest BCUT2D eigenvalue weighted by atomic mass is 16.3. The van der Waals surface area contributed by atoms with E-state index in [1.165, 1.54) is 31.6 Å². The van der Waals surface area contributed by atoms with Crippen molar-refractivity contribution in [2.75, 3.05) is 19.6 Å². The number of nitrogens with one attached hydrogen (secondary N) is 2. The Bertz CT molecular complexity index is 712. The highest BCUT2D eigenvalue weighted by molar-refractivity contribution is 5.89. The van der Waals surface area contributed by atoms with Crippen molar-refractivity contribution in [2.24, 2.45) is 0 Å². The Morgan fingerprint density at radius 1 is 1.29 bits per heavy atom. The topological polar surface area (TPSA) is 46.7 Å². The van der Waals surface area contributed by atoms with Crippen LogP contribution in [0.5, 0.6) is 0 Å². The van der Waals surface area contributed by atoms with E-state index in [1.54, 1.807) is 11.2 Å². The van der Waals surface area contributed by atoms with Gasteiger partial charge in [0.2, 0.25) is 5.91 Å². The van der Waals surface area contributed by atoms with Crippen LogP contribution in [-0.2, 0) is 11.2 Å². The zero-order valence-corrected chi connectivity index (χ0v) is 15.1. The fraction of sp³-hybridized carbons (Fsp3) is 0.550. The first-order chi connectivity index (χ1) is 11.6. The fourth-order valence-electron chi connectivity index (χ4n) is 3.75. The number of hydrogen-bond acceptors (Lipinski definition) is 2. The molecule has 2 heterocycles. The smallest absolute Gasteiger partial charge is 0.224 e. The molecule has 0 unspecified atom stereocenters. The van der Waals surface area contributed by atoms with Gasteiger partial charge in [-0.05, 0) is 31.4 Å². The number of benzene rings is 1. The summed E-state index contributed by atoms with van der Waals surface area (Å²) in [6.45, 7) is 9.98. The van der Waals surface area contributed by atoms with Crippen molar-refractivity contribution in [3.8, 4) is 0 Å². The summed E-state index contributed by atoms with van der Waals surface area (Å²) in [4.78, 5) is 14.1. The van der Waals surface area contributed by atoms with Crippen LogP contribution in [0.25, 0.3) is 11.0 Å². The number of quaternary nitrogens is 1. The third-order valence-electron chi connectivity index (χ3n) is 5.35. The lowest BCUT2D eigenvalue weighted by Gasteiger charge is -2.29. The van der Waals surface area contributed by atoms with Crippen molar-refractivity contribution in [3.63, 3.8) is 0 Å². The van der Waals surface area contributed by atoms with Crippen LogP contribution in [0.3, 0.4) is 0 Å². The Balaban J connectivity index is 1.59. The summed E-state index contributed by atoms with van der Waals surface area (Å²) in [5.41, 5.74) is 4.27. The normalized spacial score (nSPS) is 21.1. The number of carbonyl (C=O) groups is 1. The van der Waals surface area contributed by atoms with E-state index in [0.29, 0.717) is 12.5 Å². The summed E-state index contributed by atoms with van der Waals surface area (Å²) in [5.74, 6) is 0.111. The van der Waals surface area contributed by atoms with Crippen molar-refractivity contribution in [3.05, 3.63) is 35.1 Å². The minimum absolute atomic E-state index is 0.111. The average molecular weight is 329 g/mol. The Kier molecular flexibility index (Phi) is 5.24. The van der Waals surface area contributed by atoms with Gasteiger partial charge in [0, 0.05) is 29.8 Å². The van der Waals surface area contributed by atoms with Crippen LogP contribution < -0.4 is 10.2 Å². The number of piperidine rings is 1. The largest absolute Gasteiger partial charge is 0.464 e. The molecule has 1 aromatic heterocycles. The van der Waals surface area contributed by atoms with Gasteiger partial charge in [0.15, 0.2) is 0 Å². The summed E-state index contributed by atoms with van der Waals surface area (Å²) in [7, 11) is 0. The first-order valence-corrected chi connectivity index (χ1v) is 9.17. The van der Waals surface area contributed by atoms with Crippen molar-refractivity contribution in [2.45, 2.75) is 52.5 Å². The molecule has 1 aromatic carbocycles. The molecule has 1 amide bonds. The van der Waals surface area contributed by atoms with Gasteiger partial charge in [-0.1, -0.05) is 19.1 Å². The van der Waals surface area contributed by atoms with Gasteiger partial charge in [-0.2, -0.15) is 0 Å². The monoisotopic (exact) mass is 329 g/mol. The maximum absolute atomic E-state index is 12.4. The predicted molar refractivity (Wildman–Crippen MR) is 96.4 cm³/mol. The van der Waals surface area contributed by atoms with Gasteiger partial charge in [-0.25, -0.2) is 0 Å². The van der Waals surface area contributed by atoms with E-state index in [1.807, 2.05) is 0 Å². The minimum Gasteiger partial charge on any atom is -0.464 e. The summed E-state index contributed by atoms with van der Waals surface area (Å²) < 4.78 is 5.71. The molecule has 3 rings (SSSR count). The molecule has 1 saturated heterocycles. The van der Waals surface area contributed by atoms with E-state index < -0.39 is 0 Å². The Hall–Kier alpha value is -1.81. The average Bonchev–Trinajstić information content (AvgIpc) is 2.96. The zero-order chi connectivity index (χ0) is 17.1. The van der Waals surface area contributed by atoms with E-state index in [4.69, 9.17) is 4.42 Å². The lowest BCUT2D eigenvalue weighted by atomic mass is 10.0. The van der Waals surface area contributed by atoms with E-state index in [9.17, 15) is 4.79 Å². The van der Waals surface area contributed by atoms with Gasteiger partial charge >= 0.3 is 0 Å². The molecule has 130 valence electrons.